The van der Waals surface area contributed by atoms with Gasteiger partial charge in [0, 0.05) is 6.54 Å². The summed E-state index contributed by atoms with van der Waals surface area (Å²) in [5.74, 6) is 0.0170. The molecule has 0 saturated carbocycles. The van der Waals surface area contributed by atoms with Gasteiger partial charge in [0.1, 0.15) is 17.7 Å². The average molecular weight is 335 g/mol. The highest BCUT2D eigenvalue weighted by Crippen LogP contribution is 2.32. The maximum absolute atomic E-state index is 13.3. The summed E-state index contributed by atoms with van der Waals surface area (Å²) >= 11 is 0. The predicted molar refractivity (Wildman–Crippen MR) is 85.0 cm³/mol. The topological polar surface area (TPSA) is 55.4 Å². The Morgan fingerprint density at radius 3 is 2.74 bits per heavy atom. The van der Waals surface area contributed by atoms with Gasteiger partial charge in [0.2, 0.25) is 9.84 Å². The molecule has 0 saturated heterocycles. The van der Waals surface area contributed by atoms with Crippen LogP contribution in [0.4, 0.5) is 4.39 Å². The third-order valence-corrected chi connectivity index (χ3v) is 5.67. The molecule has 1 atom stereocenters. The molecule has 2 aromatic rings. The molecule has 2 aromatic carbocycles. The molecule has 122 valence electrons. The van der Waals surface area contributed by atoms with Crippen LogP contribution in [-0.2, 0) is 16.3 Å². The van der Waals surface area contributed by atoms with Crippen molar-refractivity contribution < 1.29 is 17.5 Å². The molecular weight excluding hydrogens is 317 g/mol. The number of aryl methyl sites for hydroxylation is 1. The fourth-order valence-electron chi connectivity index (χ4n) is 2.71. The predicted octanol–water partition coefficient (Wildman–Crippen LogP) is 2.57. The minimum atomic E-state index is -3.76. The number of benzene rings is 2. The summed E-state index contributed by atoms with van der Waals surface area (Å²) < 4.78 is 44.5. The lowest BCUT2D eigenvalue weighted by molar-refractivity contribution is 0.173. The van der Waals surface area contributed by atoms with Crippen molar-refractivity contribution in [3.05, 3.63) is 53.8 Å². The molecule has 0 unspecified atom stereocenters. The average Bonchev–Trinajstić information content (AvgIpc) is 2.54. The molecule has 0 aliphatic carbocycles. The molecule has 6 heteroatoms. The van der Waals surface area contributed by atoms with E-state index in [0.717, 1.165) is 24.5 Å². The van der Waals surface area contributed by atoms with E-state index in [-0.39, 0.29) is 15.9 Å². The lowest BCUT2D eigenvalue weighted by atomic mass is 10.0. The van der Waals surface area contributed by atoms with Gasteiger partial charge in [-0.2, -0.15) is 0 Å². The van der Waals surface area contributed by atoms with Crippen molar-refractivity contribution in [2.75, 3.05) is 13.6 Å². The Morgan fingerprint density at radius 1 is 1.22 bits per heavy atom. The van der Waals surface area contributed by atoms with Crippen molar-refractivity contribution in [2.45, 2.75) is 28.7 Å². The number of nitrogens with one attached hydrogen (secondary N) is 1. The van der Waals surface area contributed by atoms with Gasteiger partial charge < -0.3 is 10.1 Å². The molecule has 1 aliphatic rings. The first-order valence-corrected chi connectivity index (χ1v) is 8.94. The SMILES string of the molecule is CNC[C@H]1CCc2ccc(S(=O)(=O)c3cccc(F)c3)cc2O1. The molecule has 0 fully saturated rings. The van der Waals surface area contributed by atoms with Gasteiger partial charge in [-0.15, -0.1) is 0 Å². The highest BCUT2D eigenvalue weighted by molar-refractivity contribution is 7.91. The second kappa shape index (κ2) is 6.29. The van der Waals surface area contributed by atoms with Crippen molar-refractivity contribution in [3.8, 4) is 5.75 Å². The maximum Gasteiger partial charge on any atom is 0.206 e. The van der Waals surface area contributed by atoms with E-state index in [9.17, 15) is 12.8 Å². The molecule has 0 aromatic heterocycles. The van der Waals surface area contributed by atoms with Crippen LogP contribution in [0.5, 0.6) is 5.75 Å². The maximum atomic E-state index is 13.3. The summed E-state index contributed by atoms with van der Waals surface area (Å²) in [6.45, 7) is 0.709. The highest BCUT2D eigenvalue weighted by Gasteiger charge is 2.24. The molecular formula is C17H18FNO3S. The molecule has 0 amide bonds. The van der Waals surface area contributed by atoms with Crippen LogP contribution in [-0.4, -0.2) is 28.1 Å². The minimum absolute atomic E-state index is 0.0274. The van der Waals surface area contributed by atoms with E-state index in [1.165, 1.54) is 24.3 Å². The molecule has 0 spiro atoms. The molecule has 1 heterocycles. The third-order valence-electron chi connectivity index (χ3n) is 3.92. The van der Waals surface area contributed by atoms with Gasteiger partial charge in [-0.1, -0.05) is 12.1 Å². The first kappa shape index (κ1) is 16.0. The first-order chi connectivity index (χ1) is 11.0. The third kappa shape index (κ3) is 3.23. The van der Waals surface area contributed by atoms with E-state index in [0.29, 0.717) is 12.3 Å². The molecule has 1 aliphatic heterocycles. The summed E-state index contributed by atoms with van der Waals surface area (Å²) in [5, 5.41) is 3.06. The smallest absolute Gasteiger partial charge is 0.206 e. The van der Waals surface area contributed by atoms with Crippen LogP contribution >= 0.6 is 0 Å². The molecule has 1 N–H and O–H groups in total. The Labute approximate surface area is 135 Å². The number of likely N-dealkylation sites (N-methyl/N-ethyl adjacent to an activating group) is 1. The van der Waals surface area contributed by atoms with E-state index in [1.807, 2.05) is 7.05 Å². The molecule has 3 rings (SSSR count). The number of halogens is 1. The van der Waals surface area contributed by atoms with Crippen molar-refractivity contribution in [1.29, 1.82) is 0 Å². The Balaban J connectivity index is 1.97. The van der Waals surface area contributed by atoms with E-state index >= 15 is 0 Å². The molecule has 23 heavy (non-hydrogen) atoms. The summed E-state index contributed by atoms with van der Waals surface area (Å²) in [6, 6.07) is 9.90. The highest BCUT2D eigenvalue weighted by atomic mass is 32.2. The number of ether oxygens (including phenoxy) is 1. The van der Waals surface area contributed by atoms with Crippen LogP contribution in [0.2, 0.25) is 0 Å². The van der Waals surface area contributed by atoms with Gasteiger partial charge in [0.15, 0.2) is 0 Å². The summed E-state index contributed by atoms with van der Waals surface area (Å²) in [6.07, 6.45) is 1.77. The molecule has 0 radical (unpaired) electrons. The lowest BCUT2D eigenvalue weighted by Crippen LogP contribution is -2.32. The zero-order valence-corrected chi connectivity index (χ0v) is 13.6. The number of fused-ring (bicyclic) bond motifs is 1. The van der Waals surface area contributed by atoms with Gasteiger partial charge in [-0.05, 0) is 55.8 Å². The first-order valence-electron chi connectivity index (χ1n) is 7.45. The zero-order valence-electron chi connectivity index (χ0n) is 12.8. The van der Waals surface area contributed by atoms with Crippen molar-refractivity contribution in [2.24, 2.45) is 0 Å². The van der Waals surface area contributed by atoms with Crippen LogP contribution in [0.15, 0.2) is 52.3 Å². The Morgan fingerprint density at radius 2 is 2.00 bits per heavy atom. The van der Waals surface area contributed by atoms with E-state index in [4.69, 9.17) is 4.74 Å². The van der Waals surface area contributed by atoms with Crippen LogP contribution < -0.4 is 10.1 Å². The number of sulfone groups is 1. The molecule has 0 bridgehead atoms. The monoisotopic (exact) mass is 335 g/mol. The Kier molecular flexibility index (Phi) is 4.37. The van der Waals surface area contributed by atoms with Crippen molar-refractivity contribution in [1.82, 2.24) is 5.32 Å². The standard InChI is InChI=1S/C17H18FNO3S/c1-19-11-14-7-5-12-6-8-16(10-17(12)22-14)23(20,21)15-4-2-3-13(18)9-15/h2-4,6,8-10,14,19H,5,7,11H2,1H3/t14-/m1/s1. The van der Waals surface area contributed by atoms with Crippen LogP contribution in [0.3, 0.4) is 0 Å². The van der Waals surface area contributed by atoms with E-state index in [1.54, 1.807) is 12.1 Å². The van der Waals surface area contributed by atoms with Gasteiger partial charge >= 0.3 is 0 Å². The van der Waals surface area contributed by atoms with Crippen LogP contribution in [0, 0.1) is 5.82 Å². The fourth-order valence-corrected chi connectivity index (χ4v) is 4.02. The minimum Gasteiger partial charge on any atom is -0.489 e. The quantitative estimate of drug-likeness (QED) is 0.933. The molecule has 4 nitrogen and oxygen atoms in total. The van der Waals surface area contributed by atoms with Gasteiger partial charge in [-0.25, -0.2) is 12.8 Å². The fraction of sp³-hybridized carbons (Fsp3) is 0.294. The zero-order chi connectivity index (χ0) is 16.4. The normalized spacial score (nSPS) is 17.4. The largest absolute Gasteiger partial charge is 0.489 e. The number of hydrogen-bond donors (Lipinski definition) is 1. The summed E-state index contributed by atoms with van der Waals surface area (Å²) in [4.78, 5) is 0.0620. The summed E-state index contributed by atoms with van der Waals surface area (Å²) in [7, 11) is -1.91. The van der Waals surface area contributed by atoms with Gasteiger partial charge in [0.05, 0.1) is 9.79 Å². The second-order valence-electron chi connectivity index (χ2n) is 5.57. The lowest BCUT2D eigenvalue weighted by Gasteiger charge is -2.26. The van der Waals surface area contributed by atoms with Gasteiger partial charge in [0.25, 0.3) is 0 Å². The second-order valence-corrected chi connectivity index (χ2v) is 7.52. The number of hydrogen-bond acceptors (Lipinski definition) is 4. The van der Waals surface area contributed by atoms with Crippen LogP contribution in [0.1, 0.15) is 12.0 Å². The Bertz CT molecular complexity index is 820. The van der Waals surface area contributed by atoms with Crippen molar-refractivity contribution in [3.63, 3.8) is 0 Å². The Hall–Kier alpha value is -1.92. The number of rotatable bonds is 4. The van der Waals surface area contributed by atoms with E-state index in [2.05, 4.69) is 5.32 Å². The summed E-state index contributed by atoms with van der Waals surface area (Å²) in [5.41, 5.74) is 0.996. The van der Waals surface area contributed by atoms with E-state index < -0.39 is 15.7 Å². The van der Waals surface area contributed by atoms with Crippen LogP contribution in [0.25, 0.3) is 0 Å². The van der Waals surface area contributed by atoms with Crippen molar-refractivity contribution >= 4 is 9.84 Å². The van der Waals surface area contributed by atoms with Gasteiger partial charge in [-0.3, -0.25) is 0 Å².